The summed E-state index contributed by atoms with van der Waals surface area (Å²) < 4.78 is 43.2. The lowest BCUT2D eigenvalue weighted by atomic mass is 10.1. The van der Waals surface area contributed by atoms with E-state index in [-0.39, 0.29) is 21.6 Å². The highest BCUT2D eigenvalue weighted by Gasteiger charge is 2.36. The number of aliphatic hydroxyl groups is 1. The van der Waals surface area contributed by atoms with Crippen LogP contribution in [0.15, 0.2) is 57.9 Å². The second kappa shape index (κ2) is 6.79. The van der Waals surface area contributed by atoms with Gasteiger partial charge in [0.05, 0.1) is 15.7 Å². The molecule has 0 radical (unpaired) electrons. The first kappa shape index (κ1) is 18.5. The van der Waals surface area contributed by atoms with E-state index < -0.39 is 27.0 Å². The van der Waals surface area contributed by atoms with Gasteiger partial charge in [-0.3, -0.25) is 0 Å². The quantitative estimate of drug-likeness (QED) is 0.711. The third-order valence-electron chi connectivity index (χ3n) is 3.64. The minimum Gasteiger partial charge on any atom is -0.379 e. The van der Waals surface area contributed by atoms with Gasteiger partial charge in [-0.1, -0.05) is 35.0 Å². The molecule has 1 N–H and O–H groups in total. The maximum absolute atomic E-state index is 13.3. The minimum absolute atomic E-state index is 0.0549. The minimum atomic E-state index is -3.78. The zero-order chi connectivity index (χ0) is 18.9. The monoisotopic (exact) mass is 396 g/mol. The van der Waals surface area contributed by atoms with Gasteiger partial charge >= 0.3 is 0 Å². The van der Waals surface area contributed by atoms with Crippen LogP contribution in [0.5, 0.6) is 0 Å². The van der Waals surface area contributed by atoms with Gasteiger partial charge in [-0.25, -0.2) is 12.8 Å². The lowest BCUT2D eigenvalue weighted by Gasteiger charge is -2.18. The van der Waals surface area contributed by atoms with Gasteiger partial charge in [0.15, 0.2) is 15.4 Å². The molecule has 26 heavy (non-hydrogen) atoms. The van der Waals surface area contributed by atoms with Gasteiger partial charge in [0.25, 0.3) is 5.89 Å². The molecule has 0 bridgehead atoms. The molecule has 3 rings (SSSR count). The van der Waals surface area contributed by atoms with E-state index in [1.165, 1.54) is 31.2 Å². The number of nitrogens with zero attached hydrogens (tertiary/aromatic N) is 2. The number of sulfone groups is 1. The van der Waals surface area contributed by atoms with Crippen molar-refractivity contribution in [3.63, 3.8) is 0 Å². The topological polar surface area (TPSA) is 93.3 Å². The highest BCUT2D eigenvalue weighted by molar-refractivity contribution is 7.91. The smallest absolute Gasteiger partial charge is 0.259 e. The summed E-state index contributed by atoms with van der Waals surface area (Å²) in [5, 5.41) is 14.2. The van der Waals surface area contributed by atoms with E-state index in [9.17, 15) is 17.9 Å². The van der Waals surface area contributed by atoms with Gasteiger partial charge in [0.2, 0.25) is 5.82 Å². The van der Waals surface area contributed by atoms with Crippen LogP contribution in [0.3, 0.4) is 0 Å². The Morgan fingerprint density at radius 3 is 2.58 bits per heavy atom. The highest BCUT2D eigenvalue weighted by Crippen LogP contribution is 2.28. The fourth-order valence-electron chi connectivity index (χ4n) is 2.34. The summed E-state index contributed by atoms with van der Waals surface area (Å²) in [5.74, 6) is -1.46. The van der Waals surface area contributed by atoms with Crippen LogP contribution in [-0.4, -0.2) is 29.4 Å². The Morgan fingerprint density at radius 2 is 1.92 bits per heavy atom. The third kappa shape index (κ3) is 3.77. The summed E-state index contributed by atoms with van der Waals surface area (Å²) in [4.78, 5) is 4.10. The molecule has 3 aromatic rings. The van der Waals surface area contributed by atoms with Gasteiger partial charge in [0, 0.05) is 5.56 Å². The van der Waals surface area contributed by atoms with Gasteiger partial charge in [-0.15, -0.1) is 0 Å². The van der Waals surface area contributed by atoms with Crippen molar-refractivity contribution in [3.05, 3.63) is 65.3 Å². The molecule has 1 heterocycles. The molecule has 0 saturated carbocycles. The van der Waals surface area contributed by atoms with Crippen LogP contribution < -0.4 is 0 Å². The standard InChI is InChI=1S/C17H14ClFN2O4S/c1-17(22,10-26(23,24)12-5-3-2-4-6-12)16-20-15(21-25-16)11-7-8-14(19)13(18)9-11/h2-9,22H,10H2,1H3. The number of rotatable bonds is 5. The van der Waals surface area contributed by atoms with Crippen LogP contribution in [0.1, 0.15) is 12.8 Å². The van der Waals surface area contributed by atoms with Crippen molar-refractivity contribution in [1.82, 2.24) is 10.1 Å². The third-order valence-corrected chi connectivity index (χ3v) is 5.86. The Labute approximate surface area is 154 Å². The zero-order valence-electron chi connectivity index (χ0n) is 13.6. The lowest BCUT2D eigenvalue weighted by molar-refractivity contribution is 0.0452. The molecule has 1 aromatic heterocycles. The molecule has 2 aromatic carbocycles. The van der Waals surface area contributed by atoms with E-state index in [0.717, 1.165) is 6.07 Å². The predicted octanol–water partition coefficient (Wildman–Crippen LogP) is 3.21. The molecule has 6 nitrogen and oxygen atoms in total. The van der Waals surface area contributed by atoms with Gasteiger partial charge < -0.3 is 9.63 Å². The van der Waals surface area contributed by atoms with Crippen molar-refractivity contribution in [3.8, 4) is 11.4 Å². The molecule has 0 aliphatic rings. The number of halogens is 2. The number of hydrogen-bond acceptors (Lipinski definition) is 6. The maximum atomic E-state index is 13.3. The van der Waals surface area contributed by atoms with Crippen molar-refractivity contribution >= 4 is 21.4 Å². The molecule has 0 fully saturated rings. The normalized spacial score (nSPS) is 14.2. The summed E-state index contributed by atoms with van der Waals surface area (Å²) in [6.07, 6.45) is 0. The first-order valence-electron chi connectivity index (χ1n) is 7.49. The summed E-state index contributed by atoms with van der Waals surface area (Å²) in [5.41, 5.74) is -1.54. The SMILES string of the molecule is CC(O)(CS(=O)(=O)c1ccccc1)c1nc(-c2ccc(F)c(Cl)c2)no1. The van der Waals surface area contributed by atoms with E-state index >= 15 is 0 Å². The number of benzene rings is 2. The Morgan fingerprint density at radius 1 is 1.23 bits per heavy atom. The van der Waals surface area contributed by atoms with Crippen LogP contribution >= 0.6 is 11.6 Å². The van der Waals surface area contributed by atoms with E-state index in [0.29, 0.717) is 5.56 Å². The fourth-order valence-corrected chi connectivity index (χ4v) is 4.12. The largest absolute Gasteiger partial charge is 0.379 e. The van der Waals surface area contributed by atoms with E-state index in [2.05, 4.69) is 10.1 Å². The number of aromatic nitrogens is 2. The van der Waals surface area contributed by atoms with Crippen LogP contribution in [0.25, 0.3) is 11.4 Å². The van der Waals surface area contributed by atoms with Gasteiger partial charge in [-0.05, 0) is 37.3 Å². The Bertz CT molecular complexity index is 1040. The van der Waals surface area contributed by atoms with Crippen molar-refractivity contribution in [2.45, 2.75) is 17.4 Å². The average Bonchev–Trinajstić information content (AvgIpc) is 3.08. The van der Waals surface area contributed by atoms with E-state index in [4.69, 9.17) is 16.1 Å². The number of hydrogen-bond donors (Lipinski definition) is 1. The Hall–Kier alpha value is -2.29. The van der Waals surface area contributed by atoms with Crippen molar-refractivity contribution in [2.75, 3.05) is 5.75 Å². The molecule has 0 saturated heterocycles. The molecule has 0 amide bonds. The summed E-state index contributed by atoms with van der Waals surface area (Å²) in [6.45, 7) is 1.27. The predicted molar refractivity (Wildman–Crippen MR) is 92.8 cm³/mol. The first-order valence-corrected chi connectivity index (χ1v) is 9.52. The fraction of sp³-hybridized carbons (Fsp3) is 0.176. The van der Waals surface area contributed by atoms with Crippen LogP contribution in [0, 0.1) is 5.82 Å². The summed E-state index contributed by atoms with van der Waals surface area (Å²) in [6, 6.07) is 11.6. The second-order valence-electron chi connectivity index (χ2n) is 5.90. The highest BCUT2D eigenvalue weighted by atomic mass is 35.5. The van der Waals surface area contributed by atoms with Crippen LogP contribution in [-0.2, 0) is 15.4 Å². The average molecular weight is 397 g/mol. The van der Waals surface area contributed by atoms with Crippen molar-refractivity contribution in [1.29, 1.82) is 0 Å². The molecular weight excluding hydrogens is 383 g/mol. The van der Waals surface area contributed by atoms with E-state index in [1.807, 2.05) is 0 Å². The van der Waals surface area contributed by atoms with Gasteiger partial charge in [0.1, 0.15) is 5.82 Å². The molecule has 136 valence electrons. The summed E-state index contributed by atoms with van der Waals surface area (Å²) >= 11 is 5.73. The van der Waals surface area contributed by atoms with Crippen molar-refractivity contribution in [2.24, 2.45) is 0 Å². The molecular formula is C17H14ClFN2O4S. The van der Waals surface area contributed by atoms with E-state index in [1.54, 1.807) is 18.2 Å². The Kier molecular flexibility index (Phi) is 4.83. The maximum Gasteiger partial charge on any atom is 0.259 e. The first-order chi connectivity index (χ1) is 12.2. The second-order valence-corrected chi connectivity index (χ2v) is 8.29. The molecule has 1 atom stereocenters. The lowest BCUT2D eigenvalue weighted by Crippen LogP contribution is -2.31. The molecule has 0 aliphatic carbocycles. The van der Waals surface area contributed by atoms with Crippen LogP contribution in [0.4, 0.5) is 4.39 Å². The molecule has 9 heteroatoms. The zero-order valence-corrected chi connectivity index (χ0v) is 15.1. The molecule has 1 unspecified atom stereocenters. The van der Waals surface area contributed by atoms with Gasteiger partial charge in [-0.2, -0.15) is 4.98 Å². The molecule has 0 aliphatic heterocycles. The van der Waals surface area contributed by atoms with Crippen LogP contribution in [0.2, 0.25) is 5.02 Å². The Balaban J connectivity index is 1.89. The summed E-state index contributed by atoms with van der Waals surface area (Å²) in [7, 11) is -3.78. The van der Waals surface area contributed by atoms with Crippen molar-refractivity contribution < 1.29 is 22.4 Å². The molecule has 0 spiro atoms.